The van der Waals surface area contributed by atoms with E-state index in [1.165, 1.54) is 23.1 Å². The maximum atomic E-state index is 14.1. The Morgan fingerprint density at radius 1 is 1.24 bits per heavy atom. The van der Waals surface area contributed by atoms with Crippen molar-refractivity contribution < 1.29 is 18.8 Å². The molecule has 3 aromatic rings. The highest BCUT2D eigenvalue weighted by Crippen LogP contribution is 2.41. The van der Waals surface area contributed by atoms with Crippen molar-refractivity contribution in [3.05, 3.63) is 83.2 Å². The highest BCUT2D eigenvalue weighted by Gasteiger charge is 2.54. The molecule has 0 radical (unpaired) electrons. The van der Waals surface area contributed by atoms with E-state index >= 15 is 0 Å². The molecule has 0 saturated carbocycles. The maximum Gasteiger partial charge on any atom is 0.241 e. The van der Waals surface area contributed by atoms with Crippen LogP contribution in [0.1, 0.15) is 35.4 Å². The van der Waals surface area contributed by atoms with E-state index in [0.717, 1.165) is 10.6 Å². The summed E-state index contributed by atoms with van der Waals surface area (Å²) < 4.78 is 14.1. The van der Waals surface area contributed by atoms with Crippen molar-refractivity contribution in [2.24, 2.45) is 0 Å². The molecular formula is C24H24FN5O3. The van der Waals surface area contributed by atoms with Gasteiger partial charge in [-0.05, 0) is 42.3 Å². The molecule has 0 aliphatic carbocycles. The number of aromatic amines is 1. The number of hydrogen-bond donors (Lipinski definition) is 1. The first-order valence-electron chi connectivity index (χ1n) is 10.5. The largest absolute Gasteiger partial charge is 0.340 e. The van der Waals surface area contributed by atoms with Gasteiger partial charge in [-0.25, -0.2) is 4.39 Å². The predicted octanol–water partition coefficient (Wildman–Crippen LogP) is 2.50. The van der Waals surface area contributed by atoms with Crippen molar-refractivity contribution in [3.63, 3.8) is 0 Å². The Hall–Kier alpha value is -3.88. The van der Waals surface area contributed by atoms with Gasteiger partial charge < -0.3 is 4.90 Å². The fourth-order valence-electron chi connectivity index (χ4n) is 4.17. The first-order chi connectivity index (χ1) is 15.8. The van der Waals surface area contributed by atoms with Gasteiger partial charge in [-0.15, -0.1) is 0 Å². The van der Waals surface area contributed by atoms with Gasteiger partial charge in [0.25, 0.3) is 0 Å². The minimum absolute atomic E-state index is 0.0408. The number of aryl methyl sites for hydroxylation is 1. The number of carbonyl (C=O) groups excluding carboxylic acids is 3. The van der Waals surface area contributed by atoms with E-state index < -0.39 is 23.0 Å². The van der Waals surface area contributed by atoms with E-state index in [0.29, 0.717) is 16.8 Å². The van der Waals surface area contributed by atoms with E-state index in [-0.39, 0.29) is 31.8 Å². The number of imide groups is 1. The molecule has 2 aromatic heterocycles. The number of amides is 3. The normalized spacial score (nSPS) is 18.1. The van der Waals surface area contributed by atoms with Crippen molar-refractivity contribution in [3.8, 4) is 0 Å². The average Bonchev–Trinajstić information content (AvgIpc) is 3.30. The van der Waals surface area contributed by atoms with Gasteiger partial charge in [0.1, 0.15) is 5.82 Å². The predicted molar refractivity (Wildman–Crippen MR) is 117 cm³/mol. The van der Waals surface area contributed by atoms with Gasteiger partial charge in [0.05, 0.1) is 24.2 Å². The summed E-state index contributed by atoms with van der Waals surface area (Å²) in [6.45, 7) is 2.14. The number of nitrogens with one attached hydrogen (secondary N) is 1. The first-order valence-corrected chi connectivity index (χ1v) is 10.5. The van der Waals surface area contributed by atoms with Gasteiger partial charge in [0.15, 0.2) is 0 Å². The van der Waals surface area contributed by atoms with Crippen LogP contribution in [-0.2, 0) is 32.9 Å². The van der Waals surface area contributed by atoms with Crippen LogP contribution in [0.2, 0.25) is 0 Å². The number of halogens is 1. The molecule has 0 bridgehead atoms. The number of carbonyl (C=O) groups is 3. The number of likely N-dealkylation sites (tertiary alicyclic amines) is 1. The van der Waals surface area contributed by atoms with Crippen LogP contribution in [0, 0.1) is 12.7 Å². The highest BCUT2D eigenvalue weighted by molar-refractivity contribution is 6.10. The lowest BCUT2D eigenvalue weighted by Gasteiger charge is -2.29. The zero-order valence-corrected chi connectivity index (χ0v) is 18.4. The SMILES string of the molecule is Cc1cc(CN(C)C(=O)CC2(c3cccc(F)c3)CC(=O)N(Cc3cccnc3)C2=O)n[nH]1. The zero-order chi connectivity index (χ0) is 23.6. The van der Waals surface area contributed by atoms with Crippen LogP contribution < -0.4 is 0 Å². The molecule has 3 amide bonds. The molecule has 1 saturated heterocycles. The van der Waals surface area contributed by atoms with Crippen LogP contribution in [0.4, 0.5) is 4.39 Å². The smallest absolute Gasteiger partial charge is 0.241 e. The highest BCUT2D eigenvalue weighted by atomic mass is 19.1. The Bertz CT molecular complexity index is 1200. The molecule has 1 N–H and O–H groups in total. The summed E-state index contributed by atoms with van der Waals surface area (Å²) >= 11 is 0. The number of pyridine rings is 1. The summed E-state index contributed by atoms with van der Waals surface area (Å²) in [5, 5.41) is 6.97. The number of H-pyrrole nitrogens is 1. The Kier molecular flexibility index (Phi) is 6.04. The van der Waals surface area contributed by atoms with Gasteiger partial charge in [-0.3, -0.25) is 29.4 Å². The van der Waals surface area contributed by atoms with Crippen molar-refractivity contribution in [2.75, 3.05) is 7.05 Å². The fourth-order valence-corrected chi connectivity index (χ4v) is 4.17. The quantitative estimate of drug-likeness (QED) is 0.559. The second-order valence-corrected chi connectivity index (χ2v) is 8.38. The van der Waals surface area contributed by atoms with Gasteiger partial charge in [-0.1, -0.05) is 18.2 Å². The van der Waals surface area contributed by atoms with Crippen molar-refractivity contribution in [1.82, 2.24) is 25.0 Å². The van der Waals surface area contributed by atoms with Crippen LogP contribution >= 0.6 is 0 Å². The average molecular weight is 449 g/mol. The molecular weight excluding hydrogens is 425 g/mol. The molecule has 9 heteroatoms. The lowest BCUT2D eigenvalue weighted by molar-refractivity contribution is -0.143. The number of aromatic nitrogens is 3. The van der Waals surface area contributed by atoms with Gasteiger partial charge in [0.2, 0.25) is 17.7 Å². The van der Waals surface area contributed by atoms with Gasteiger partial charge in [0, 0.05) is 38.0 Å². The lowest BCUT2D eigenvalue weighted by atomic mass is 9.75. The van der Waals surface area contributed by atoms with E-state index in [9.17, 15) is 18.8 Å². The molecule has 1 unspecified atom stereocenters. The standard InChI is InChI=1S/C24H24FN5O3/c1-16-9-20(28-27-16)15-29(2)21(31)11-24(18-6-3-7-19(25)10-18)12-22(32)30(23(24)33)14-17-5-4-8-26-13-17/h3-10,13H,11-12,14-15H2,1-2H3,(H,27,28). The van der Waals surface area contributed by atoms with E-state index in [1.807, 2.05) is 13.0 Å². The second kappa shape index (κ2) is 8.93. The number of rotatable bonds is 7. The number of benzene rings is 1. The Labute approximate surface area is 190 Å². The van der Waals surface area contributed by atoms with Crippen molar-refractivity contribution >= 4 is 17.7 Å². The molecule has 4 rings (SSSR count). The summed E-state index contributed by atoms with van der Waals surface area (Å²) in [6, 6.07) is 10.9. The van der Waals surface area contributed by atoms with Crippen LogP contribution in [0.15, 0.2) is 54.9 Å². The molecule has 1 atom stereocenters. The van der Waals surface area contributed by atoms with Gasteiger partial charge in [-0.2, -0.15) is 5.10 Å². The summed E-state index contributed by atoms with van der Waals surface area (Å²) in [4.78, 5) is 46.4. The summed E-state index contributed by atoms with van der Waals surface area (Å²) in [5.41, 5.74) is 1.06. The van der Waals surface area contributed by atoms with Gasteiger partial charge >= 0.3 is 0 Å². The molecule has 1 aromatic carbocycles. The zero-order valence-electron chi connectivity index (χ0n) is 18.4. The third-order valence-electron chi connectivity index (χ3n) is 5.89. The molecule has 170 valence electrons. The van der Waals surface area contributed by atoms with E-state index in [1.54, 1.807) is 37.6 Å². The molecule has 1 aliphatic rings. The minimum atomic E-state index is -1.48. The molecule has 33 heavy (non-hydrogen) atoms. The van der Waals surface area contributed by atoms with E-state index in [4.69, 9.17) is 0 Å². The second-order valence-electron chi connectivity index (χ2n) is 8.38. The van der Waals surface area contributed by atoms with Crippen LogP contribution in [0.3, 0.4) is 0 Å². The molecule has 8 nitrogen and oxygen atoms in total. The molecule has 1 fully saturated rings. The summed E-state index contributed by atoms with van der Waals surface area (Å²) in [6.07, 6.45) is 2.71. The maximum absolute atomic E-state index is 14.1. The van der Waals surface area contributed by atoms with Crippen molar-refractivity contribution in [2.45, 2.75) is 38.3 Å². The minimum Gasteiger partial charge on any atom is -0.340 e. The van der Waals surface area contributed by atoms with E-state index in [2.05, 4.69) is 15.2 Å². The lowest BCUT2D eigenvalue weighted by Crippen LogP contribution is -2.42. The Morgan fingerprint density at radius 3 is 2.73 bits per heavy atom. The summed E-state index contributed by atoms with van der Waals surface area (Å²) in [5.74, 6) is -1.80. The van der Waals surface area contributed by atoms with Crippen LogP contribution in [0.25, 0.3) is 0 Å². The third kappa shape index (κ3) is 4.52. The number of hydrogen-bond acceptors (Lipinski definition) is 5. The fraction of sp³-hybridized carbons (Fsp3) is 0.292. The van der Waals surface area contributed by atoms with Crippen LogP contribution in [0.5, 0.6) is 0 Å². The van der Waals surface area contributed by atoms with Crippen LogP contribution in [-0.4, -0.2) is 49.8 Å². The Balaban J connectivity index is 1.64. The Morgan fingerprint density at radius 2 is 2.06 bits per heavy atom. The molecule has 3 heterocycles. The monoisotopic (exact) mass is 449 g/mol. The topological polar surface area (TPSA) is 99.3 Å². The summed E-state index contributed by atoms with van der Waals surface area (Å²) in [7, 11) is 1.61. The molecule has 1 aliphatic heterocycles. The third-order valence-corrected chi connectivity index (χ3v) is 5.89. The first kappa shape index (κ1) is 22.3. The number of nitrogens with zero attached hydrogens (tertiary/aromatic N) is 4. The molecule has 0 spiro atoms. The van der Waals surface area contributed by atoms with Crippen molar-refractivity contribution in [1.29, 1.82) is 0 Å².